The number of nitro groups is 1. The molecule has 106 valence electrons. The van der Waals surface area contributed by atoms with E-state index in [2.05, 4.69) is 10.3 Å². The second-order valence-electron chi connectivity index (χ2n) is 4.45. The van der Waals surface area contributed by atoms with Gasteiger partial charge >= 0.3 is 0 Å². The molecule has 0 aliphatic carbocycles. The zero-order valence-corrected chi connectivity index (χ0v) is 11.2. The number of rotatable bonds is 3. The van der Waals surface area contributed by atoms with Crippen LogP contribution < -0.4 is 0 Å². The smallest absolute Gasteiger partial charge is 0.258 e. The Morgan fingerprint density at radius 3 is 2.64 bits per heavy atom. The number of nitriles is 1. The highest BCUT2D eigenvalue weighted by molar-refractivity contribution is 5.81. The number of fused-ring (bicyclic) bond motifs is 1. The summed E-state index contributed by atoms with van der Waals surface area (Å²) in [4.78, 5) is 10.3. The zero-order valence-electron chi connectivity index (χ0n) is 11.2. The molecule has 0 N–H and O–H groups in total. The standard InChI is InChI=1S/C15H9N5O2/c16-10-9-14(11-5-7-12(8-6-11)20(21)22)19-15-4-2-1-3-13(15)17-18-19/h1-9H/b14-9-. The third-order valence-electron chi connectivity index (χ3n) is 3.16. The SMILES string of the molecule is N#C/C=C(/c1ccc([N+](=O)[O-])cc1)n1nnc2ccccc21. The van der Waals surface area contributed by atoms with Gasteiger partial charge in [0.15, 0.2) is 0 Å². The van der Waals surface area contributed by atoms with Gasteiger partial charge in [-0.3, -0.25) is 10.1 Å². The van der Waals surface area contributed by atoms with Crippen molar-refractivity contribution in [2.75, 3.05) is 0 Å². The molecule has 3 aromatic rings. The Labute approximate surface area is 124 Å². The van der Waals surface area contributed by atoms with Crippen LogP contribution in [0.1, 0.15) is 5.56 Å². The zero-order chi connectivity index (χ0) is 15.5. The van der Waals surface area contributed by atoms with Gasteiger partial charge in [-0.2, -0.15) is 5.26 Å². The van der Waals surface area contributed by atoms with Crippen LogP contribution in [-0.2, 0) is 0 Å². The van der Waals surface area contributed by atoms with Gasteiger partial charge in [-0.1, -0.05) is 17.3 Å². The maximum absolute atomic E-state index is 10.7. The van der Waals surface area contributed by atoms with Crippen LogP contribution in [0.4, 0.5) is 5.69 Å². The molecule has 3 rings (SSSR count). The van der Waals surface area contributed by atoms with Gasteiger partial charge in [-0.05, 0) is 24.3 Å². The van der Waals surface area contributed by atoms with E-state index in [1.54, 1.807) is 16.8 Å². The largest absolute Gasteiger partial charge is 0.269 e. The van der Waals surface area contributed by atoms with Crippen LogP contribution in [0.3, 0.4) is 0 Å². The summed E-state index contributed by atoms with van der Waals surface area (Å²) in [5, 5.41) is 27.8. The predicted octanol–water partition coefficient (Wildman–Crippen LogP) is 2.75. The van der Waals surface area contributed by atoms with Crippen molar-refractivity contribution in [3.63, 3.8) is 0 Å². The fraction of sp³-hybridized carbons (Fsp3) is 0. The lowest BCUT2D eigenvalue weighted by molar-refractivity contribution is -0.384. The summed E-state index contributed by atoms with van der Waals surface area (Å²) in [5.41, 5.74) is 2.59. The van der Waals surface area contributed by atoms with Crippen molar-refractivity contribution in [2.45, 2.75) is 0 Å². The first-order chi connectivity index (χ1) is 10.7. The molecule has 0 saturated carbocycles. The van der Waals surface area contributed by atoms with E-state index in [1.807, 2.05) is 30.3 Å². The molecule has 0 unspecified atom stereocenters. The number of nitrogens with zero attached hydrogens (tertiary/aromatic N) is 5. The predicted molar refractivity (Wildman–Crippen MR) is 79.6 cm³/mol. The average Bonchev–Trinajstić information content (AvgIpc) is 2.96. The lowest BCUT2D eigenvalue weighted by Gasteiger charge is -2.07. The van der Waals surface area contributed by atoms with E-state index in [4.69, 9.17) is 5.26 Å². The van der Waals surface area contributed by atoms with Gasteiger partial charge in [0.25, 0.3) is 5.69 Å². The number of non-ortho nitro benzene ring substituents is 1. The Kier molecular flexibility index (Phi) is 3.34. The third kappa shape index (κ3) is 2.29. The molecule has 1 heterocycles. The first kappa shape index (κ1) is 13.5. The fourth-order valence-electron chi connectivity index (χ4n) is 2.13. The fourth-order valence-corrected chi connectivity index (χ4v) is 2.13. The van der Waals surface area contributed by atoms with Crippen LogP contribution in [-0.4, -0.2) is 19.9 Å². The van der Waals surface area contributed by atoms with Crippen molar-refractivity contribution in [1.29, 1.82) is 5.26 Å². The summed E-state index contributed by atoms with van der Waals surface area (Å²) in [6.07, 6.45) is 1.34. The molecule has 7 nitrogen and oxygen atoms in total. The first-order valence-electron chi connectivity index (χ1n) is 6.36. The van der Waals surface area contributed by atoms with Crippen molar-refractivity contribution in [3.05, 3.63) is 70.3 Å². The number of hydrogen-bond donors (Lipinski definition) is 0. The van der Waals surface area contributed by atoms with E-state index in [0.29, 0.717) is 16.8 Å². The minimum atomic E-state index is -0.470. The van der Waals surface area contributed by atoms with Gasteiger partial charge in [0.2, 0.25) is 0 Å². The number of aromatic nitrogens is 3. The van der Waals surface area contributed by atoms with Crippen LogP contribution in [0.15, 0.2) is 54.6 Å². The van der Waals surface area contributed by atoms with E-state index >= 15 is 0 Å². The lowest BCUT2D eigenvalue weighted by atomic mass is 10.1. The minimum Gasteiger partial charge on any atom is -0.258 e. The van der Waals surface area contributed by atoms with E-state index in [9.17, 15) is 10.1 Å². The Morgan fingerprint density at radius 1 is 1.23 bits per heavy atom. The van der Waals surface area contributed by atoms with Crippen LogP contribution >= 0.6 is 0 Å². The first-order valence-corrected chi connectivity index (χ1v) is 6.36. The van der Waals surface area contributed by atoms with Crippen molar-refractivity contribution in [1.82, 2.24) is 15.0 Å². The molecule has 0 spiro atoms. The Morgan fingerprint density at radius 2 is 1.95 bits per heavy atom. The normalized spacial score (nSPS) is 11.3. The summed E-state index contributed by atoms with van der Waals surface area (Å²) < 4.78 is 1.54. The van der Waals surface area contributed by atoms with Gasteiger partial charge in [0.05, 0.1) is 22.2 Å². The van der Waals surface area contributed by atoms with Gasteiger partial charge < -0.3 is 0 Å². The highest BCUT2D eigenvalue weighted by atomic mass is 16.6. The van der Waals surface area contributed by atoms with Crippen LogP contribution in [0.5, 0.6) is 0 Å². The molecule has 0 amide bonds. The summed E-state index contributed by atoms with van der Waals surface area (Å²) in [7, 11) is 0. The molecule has 0 bridgehead atoms. The minimum absolute atomic E-state index is 0.0106. The molecule has 0 fully saturated rings. The number of hydrogen-bond acceptors (Lipinski definition) is 5. The van der Waals surface area contributed by atoms with Crippen molar-refractivity contribution < 1.29 is 4.92 Å². The van der Waals surface area contributed by atoms with Crippen molar-refractivity contribution in [3.8, 4) is 6.07 Å². The topological polar surface area (TPSA) is 97.6 Å². The molecule has 0 radical (unpaired) electrons. The average molecular weight is 291 g/mol. The molecule has 0 aliphatic rings. The number of para-hydroxylation sites is 1. The van der Waals surface area contributed by atoms with Gasteiger partial charge in [-0.25, -0.2) is 4.68 Å². The number of nitro benzene ring substituents is 1. The Bertz CT molecular complexity index is 919. The summed E-state index contributed by atoms with van der Waals surface area (Å²) in [6.45, 7) is 0. The Balaban J connectivity index is 2.13. The molecule has 0 aliphatic heterocycles. The third-order valence-corrected chi connectivity index (χ3v) is 3.16. The number of allylic oxidation sites excluding steroid dienone is 1. The molecule has 7 heteroatoms. The molecule has 0 atom stereocenters. The molecule has 0 saturated heterocycles. The second kappa shape index (κ2) is 5.46. The van der Waals surface area contributed by atoms with E-state index in [-0.39, 0.29) is 5.69 Å². The molecule has 22 heavy (non-hydrogen) atoms. The second-order valence-corrected chi connectivity index (χ2v) is 4.45. The lowest BCUT2D eigenvalue weighted by Crippen LogP contribution is -2.01. The van der Waals surface area contributed by atoms with Crippen LogP contribution in [0.2, 0.25) is 0 Å². The highest BCUT2D eigenvalue weighted by Gasteiger charge is 2.12. The van der Waals surface area contributed by atoms with Gasteiger partial charge in [-0.15, -0.1) is 5.10 Å². The molecule has 2 aromatic carbocycles. The maximum Gasteiger partial charge on any atom is 0.269 e. The van der Waals surface area contributed by atoms with Gasteiger partial charge in [0, 0.05) is 23.8 Å². The quantitative estimate of drug-likeness (QED) is 0.420. The van der Waals surface area contributed by atoms with Crippen molar-refractivity contribution in [2.24, 2.45) is 0 Å². The summed E-state index contributed by atoms with van der Waals surface area (Å²) >= 11 is 0. The molecular formula is C15H9N5O2. The Hall–Kier alpha value is -3.53. The van der Waals surface area contributed by atoms with E-state index in [1.165, 1.54) is 18.2 Å². The summed E-state index contributed by atoms with van der Waals surface area (Å²) in [5.74, 6) is 0. The molecular weight excluding hydrogens is 282 g/mol. The van der Waals surface area contributed by atoms with E-state index < -0.39 is 4.92 Å². The van der Waals surface area contributed by atoms with Crippen molar-refractivity contribution >= 4 is 22.4 Å². The van der Waals surface area contributed by atoms with Gasteiger partial charge in [0.1, 0.15) is 5.52 Å². The monoisotopic (exact) mass is 291 g/mol. The molecule has 1 aromatic heterocycles. The van der Waals surface area contributed by atoms with Crippen LogP contribution in [0.25, 0.3) is 16.7 Å². The highest BCUT2D eigenvalue weighted by Crippen LogP contribution is 2.23. The van der Waals surface area contributed by atoms with Crippen LogP contribution in [0, 0.1) is 21.4 Å². The summed E-state index contributed by atoms with van der Waals surface area (Å²) in [6, 6.07) is 15.3. The van der Waals surface area contributed by atoms with E-state index in [0.717, 1.165) is 5.52 Å². The number of benzene rings is 2. The maximum atomic E-state index is 10.7.